The summed E-state index contributed by atoms with van der Waals surface area (Å²) in [6.07, 6.45) is 2.14. The number of aliphatic hydroxyl groups excluding tert-OH is 3. The van der Waals surface area contributed by atoms with Crippen LogP contribution in [-0.4, -0.2) is 92.7 Å². The third kappa shape index (κ3) is 5.18. The molecule has 0 amide bonds. The molecule has 1 saturated carbocycles. The predicted molar refractivity (Wildman–Crippen MR) is 130 cm³/mol. The maximum atomic E-state index is 12.3. The van der Waals surface area contributed by atoms with Gasteiger partial charge in [-0.3, -0.25) is 4.57 Å². The molecule has 6 N–H and O–H groups in total. The number of anilines is 1. The molecule has 5 rings (SSSR count). The van der Waals surface area contributed by atoms with Crippen molar-refractivity contribution in [3.05, 3.63) is 29.8 Å². The summed E-state index contributed by atoms with van der Waals surface area (Å²) in [7, 11) is -5.09. The number of aromatic nitrogens is 5. The van der Waals surface area contributed by atoms with Gasteiger partial charge >= 0.3 is 7.60 Å². The second-order valence-electron chi connectivity index (χ2n) is 9.40. The van der Waals surface area contributed by atoms with E-state index in [0.29, 0.717) is 11.2 Å². The van der Waals surface area contributed by atoms with Gasteiger partial charge < -0.3 is 44.3 Å². The Morgan fingerprint density at radius 1 is 1.24 bits per heavy atom. The highest BCUT2D eigenvalue weighted by Crippen LogP contribution is 2.53. The zero-order chi connectivity index (χ0) is 27.1. The summed E-state index contributed by atoms with van der Waals surface area (Å²) in [4.78, 5) is 32.2. The Balaban J connectivity index is 1.36. The zero-order valence-corrected chi connectivity index (χ0v) is 21.6. The van der Waals surface area contributed by atoms with Crippen molar-refractivity contribution in [2.24, 2.45) is 0 Å². The smallest absolute Gasteiger partial charge is 0.360 e. The lowest BCUT2D eigenvalue weighted by molar-refractivity contribution is -0.110. The Morgan fingerprint density at radius 3 is 2.66 bits per heavy atom. The van der Waals surface area contributed by atoms with E-state index in [4.69, 9.17) is 25.5 Å². The number of ether oxygens (including phenoxy) is 2. The summed E-state index contributed by atoms with van der Waals surface area (Å²) < 4.78 is 29.9. The first-order valence-electron chi connectivity index (χ1n) is 12.0. The second kappa shape index (κ2) is 10.8. The van der Waals surface area contributed by atoms with Crippen LogP contribution in [0, 0.1) is 0 Å². The summed E-state index contributed by atoms with van der Waals surface area (Å²) in [6.45, 7) is -1.67. The maximum Gasteiger partial charge on any atom is 0.360 e. The van der Waals surface area contributed by atoms with Crippen LogP contribution < -0.4 is 5.32 Å². The number of halogens is 1. The second-order valence-corrected chi connectivity index (χ2v) is 11.6. The molecule has 3 aromatic heterocycles. The van der Waals surface area contributed by atoms with E-state index in [1.54, 1.807) is 0 Å². The normalized spacial score (nSPS) is 26.3. The largest absolute Gasteiger partial charge is 0.449 e. The van der Waals surface area contributed by atoms with Crippen LogP contribution in [-0.2, 0) is 20.5 Å². The SMILES string of the molecule is O=P(O)(O)C(CO)(Cc1ncco1)OC[C@H]1O[C@@H](n2ncc3c(NC4CCCC4)nc(Cl)nc32)[C@H](O)[C@@H]1O. The van der Waals surface area contributed by atoms with Crippen LogP contribution in [0.3, 0.4) is 0 Å². The van der Waals surface area contributed by atoms with E-state index in [2.05, 4.69) is 25.4 Å². The average molecular weight is 575 g/mol. The van der Waals surface area contributed by atoms with Gasteiger partial charge in [0.25, 0.3) is 0 Å². The molecular formula is C21H28ClN6O9P. The number of nitrogens with zero attached hydrogens (tertiary/aromatic N) is 5. The van der Waals surface area contributed by atoms with Gasteiger partial charge in [0.1, 0.15) is 30.4 Å². The Hall–Kier alpha value is -2.20. The molecule has 38 heavy (non-hydrogen) atoms. The lowest BCUT2D eigenvalue weighted by atomic mass is 10.1. The molecule has 5 atom stereocenters. The van der Waals surface area contributed by atoms with Gasteiger partial charge in [-0.15, -0.1) is 0 Å². The minimum atomic E-state index is -5.09. The van der Waals surface area contributed by atoms with Crippen molar-refractivity contribution in [2.45, 2.75) is 68.0 Å². The minimum absolute atomic E-state index is 0.0476. The molecule has 17 heteroatoms. The number of aliphatic hydroxyl groups is 3. The molecule has 1 aliphatic carbocycles. The molecule has 3 aromatic rings. The van der Waals surface area contributed by atoms with Gasteiger partial charge in [0, 0.05) is 6.04 Å². The monoisotopic (exact) mass is 574 g/mol. The van der Waals surface area contributed by atoms with Crippen LogP contribution in [0.4, 0.5) is 5.82 Å². The van der Waals surface area contributed by atoms with Crippen LogP contribution in [0.25, 0.3) is 11.0 Å². The number of hydrogen-bond donors (Lipinski definition) is 6. The van der Waals surface area contributed by atoms with Gasteiger partial charge in [-0.25, -0.2) is 9.67 Å². The molecule has 0 spiro atoms. The molecule has 1 aliphatic heterocycles. The van der Waals surface area contributed by atoms with E-state index >= 15 is 0 Å². The molecule has 1 unspecified atom stereocenters. The fourth-order valence-electron chi connectivity index (χ4n) is 4.77. The molecule has 0 bridgehead atoms. The third-order valence-corrected chi connectivity index (χ3v) is 8.57. The van der Waals surface area contributed by atoms with Crippen molar-refractivity contribution in [2.75, 3.05) is 18.5 Å². The number of oxazole rings is 1. The van der Waals surface area contributed by atoms with Crippen LogP contribution >= 0.6 is 19.2 Å². The Bertz CT molecular complexity index is 1300. The number of fused-ring (bicyclic) bond motifs is 1. The van der Waals surface area contributed by atoms with Crippen molar-refractivity contribution in [1.82, 2.24) is 24.7 Å². The molecule has 1 saturated heterocycles. The number of hydrogen-bond acceptors (Lipinski definition) is 12. The molecule has 0 aromatic carbocycles. The van der Waals surface area contributed by atoms with E-state index in [1.807, 2.05) is 0 Å². The first-order chi connectivity index (χ1) is 18.1. The molecule has 4 heterocycles. The fourth-order valence-corrected chi connectivity index (χ4v) is 5.71. The molecule has 0 radical (unpaired) electrons. The first-order valence-corrected chi connectivity index (χ1v) is 14.0. The van der Waals surface area contributed by atoms with Crippen molar-refractivity contribution >= 4 is 36.0 Å². The summed E-state index contributed by atoms with van der Waals surface area (Å²) in [5, 5.41) is 37.1. The minimum Gasteiger partial charge on any atom is -0.449 e. The van der Waals surface area contributed by atoms with Crippen LogP contribution in [0.2, 0.25) is 5.28 Å². The Labute approximate surface area is 220 Å². The van der Waals surface area contributed by atoms with Crippen molar-refractivity contribution in [3.63, 3.8) is 0 Å². The maximum absolute atomic E-state index is 12.3. The van der Waals surface area contributed by atoms with E-state index < -0.39 is 57.1 Å². The summed E-state index contributed by atoms with van der Waals surface area (Å²) in [5.41, 5.74) is 0.257. The standard InChI is InChI=1S/C21H28ClN6O9P/c22-20-26-17(25-11-3-1-2-4-11)12-8-24-28(18(12)27-20)19-16(31)15(30)13(37-19)9-36-21(10-29,38(32,33)34)7-14-23-5-6-35-14/h5-6,8,11,13,15-16,19,29-31H,1-4,7,9-10H2,(H,25,26,27)(H2,32,33,34)/t13-,15-,16-,19-,21?/m1/s1. The van der Waals surface area contributed by atoms with E-state index in [1.165, 1.54) is 23.3 Å². The Kier molecular flexibility index (Phi) is 7.75. The zero-order valence-electron chi connectivity index (χ0n) is 20.0. The third-order valence-electron chi connectivity index (χ3n) is 6.91. The van der Waals surface area contributed by atoms with Crippen molar-refractivity contribution in [3.8, 4) is 0 Å². The highest BCUT2D eigenvalue weighted by molar-refractivity contribution is 7.53. The van der Waals surface area contributed by atoms with Gasteiger partial charge in [-0.1, -0.05) is 12.8 Å². The van der Waals surface area contributed by atoms with E-state index in [0.717, 1.165) is 25.7 Å². The summed E-state index contributed by atoms with van der Waals surface area (Å²) in [6, 6.07) is 0.237. The highest BCUT2D eigenvalue weighted by Gasteiger charge is 2.52. The van der Waals surface area contributed by atoms with Gasteiger partial charge in [0.05, 0.1) is 37.4 Å². The van der Waals surface area contributed by atoms with Crippen molar-refractivity contribution in [1.29, 1.82) is 0 Å². The molecule has 2 fully saturated rings. The molecular weight excluding hydrogens is 547 g/mol. The molecule has 208 valence electrons. The quantitative estimate of drug-likeness (QED) is 0.144. The lowest BCUT2D eigenvalue weighted by Gasteiger charge is -2.32. The fraction of sp³-hybridized carbons (Fsp3) is 0.619. The highest BCUT2D eigenvalue weighted by atomic mass is 35.5. The predicted octanol–water partition coefficient (Wildman–Crippen LogP) is 0.567. The summed E-state index contributed by atoms with van der Waals surface area (Å²) >= 11 is 6.17. The van der Waals surface area contributed by atoms with Crippen LogP contribution in [0.15, 0.2) is 23.1 Å². The van der Waals surface area contributed by atoms with Crippen LogP contribution in [0.1, 0.15) is 37.8 Å². The van der Waals surface area contributed by atoms with Gasteiger partial charge in [-0.2, -0.15) is 15.1 Å². The van der Waals surface area contributed by atoms with E-state index in [9.17, 15) is 29.7 Å². The number of nitrogens with one attached hydrogen (secondary N) is 1. The first kappa shape index (κ1) is 27.4. The van der Waals surface area contributed by atoms with Crippen LogP contribution in [0.5, 0.6) is 0 Å². The molecule has 2 aliphatic rings. The van der Waals surface area contributed by atoms with Gasteiger partial charge in [0.2, 0.25) is 10.6 Å². The van der Waals surface area contributed by atoms with Gasteiger partial charge in [0.15, 0.2) is 17.8 Å². The lowest BCUT2D eigenvalue weighted by Crippen LogP contribution is -2.43. The number of rotatable bonds is 10. The topological polar surface area (TPSA) is 218 Å². The van der Waals surface area contributed by atoms with Gasteiger partial charge in [-0.05, 0) is 24.4 Å². The summed E-state index contributed by atoms with van der Waals surface area (Å²) in [5.74, 6) is 0.418. The van der Waals surface area contributed by atoms with E-state index in [-0.39, 0.29) is 22.9 Å². The average Bonchev–Trinajstić information content (AvgIpc) is 3.67. The molecule has 15 nitrogen and oxygen atoms in total. The van der Waals surface area contributed by atoms with Crippen molar-refractivity contribution < 1.29 is 43.6 Å². The Morgan fingerprint density at radius 2 is 2.00 bits per heavy atom.